The third-order valence-electron chi connectivity index (χ3n) is 7.03. The summed E-state index contributed by atoms with van der Waals surface area (Å²) in [5.74, 6) is 0.716. The maximum absolute atomic E-state index is 13.8. The Balaban J connectivity index is 1.46. The van der Waals surface area contributed by atoms with Crippen molar-refractivity contribution in [1.29, 1.82) is 0 Å². The molecule has 1 aromatic carbocycles. The van der Waals surface area contributed by atoms with Crippen LogP contribution in [0.2, 0.25) is 0 Å². The van der Waals surface area contributed by atoms with Crippen molar-refractivity contribution < 1.29 is 9.59 Å². The number of carbonyl (C=O) groups is 2. The number of nitrogens with one attached hydrogen (secondary N) is 2. The van der Waals surface area contributed by atoms with Crippen LogP contribution >= 0.6 is 0 Å². The van der Waals surface area contributed by atoms with E-state index in [0.717, 1.165) is 60.6 Å². The van der Waals surface area contributed by atoms with Gasteiger partial charge in [-0.15, -0.1) is 0 Å². The summed E-state index contributed by atoms with van der Waals surface area (Å²) in [6.07, 6.45) is 4.85. The molecule has 2 saturated heterocycles. The first kappa shape index (κ1) is 23.4. The van der Waals surface area contributed by atoms with Crippen molar-refractivity contribution in [2.24, 2.45) is 0 Å². The lowest BCUT2D eigenvalue weighted by atomic mass is 9.97. The van der Waals surface area contributed by atoms with E-state index in [0.29, 0.717) is 23.8 Å². The molecule has 0 aliphatic carbocycles. The number of hydrogen-bond donors (Lipinski definition) is 2. The van der Waals surface area contributed by atoms with Crippen LogP contribution in [0.1, 0.15) is 59.4 Å². The van der Waals surface area contributed by atoms with Crippen molar-refractivity contribution in [3.8, 4) is 0 Å². The number of carbonyl (C=O) groups excluding carboxylic acids is 2. The van der Waals surface area contributed by atoms with E-state index in [2.05, 4.69) is 22.4 Å². The van der Waals surface area contributed by atoms with Gasteiger partial charge in [0.1, 0.15) is 5.82 Å². The Morgan fingerprint density at radius 1 is 1.14 bits per heavy atom. The second-order valence-electron chi connectivity index (χ2n) is 9.75. The molecule has 0 unspecified atom stereocenters. The van der Waals surface area contributed by atoms with Crippen molar-refractivity contribution in [2.75, 3.05) is 29.9 Å². The Morgan fingerprint density at radius 3 is 2.69 bits per heavy atom. The average molecular weight is 473 g/mol. The summed E-state index contributed by atoms with van der Waals surface area (Å²) in [4.78, 5) is 34.6. The average Bonchev–Trinajstić information content (AvgIpc) is 3.21. The topological polar surface area (TPSA) is 94.9 Å². The highest BCUT2D eigenvalue weighted by molar-refractivity contribution is 6.04. The third kappa shape index (κ3) is 4.50. The zero-order valence-corrected chi connectivity index (χ0v) is 20.8. The predicted octanol–water partition coefficient (Wildman–Crippen LogP) is 2.00. The zero-order chi connectivity index (χ0) is 24.7. The molecule has 10 heteroatoms. The van der Waals surface area contributed by atoms with Gasteiger partial charge in [0.2, 0.25) is 5.91 Å². The smallest absolute Gasteiger partial charge is 0.256 e. The minimum atomic E-state index is -0.195. The highest BCUT2D eigenvalue weighted by Gasteiger charge is 2.32. The molecular formula is C25H32BN7O2. The SMILES string of the molecule is BNC1CN(c2nc3cc([C@@H]4CCCCN4C(=O)c4cc(C)ccc4NC(C)=O)nn3cc2C)C1. The maximum atomic E-state index is 13.8. The molecule has 3 aromatic rings. The minimum absolute atomic E-state index is 0.0808. The Labute approximate surface area is 206 Å². The van der Waals surface area contributed by atoms with E-state index in [1.165, 1.54) is 6.92 Å². The lowest BCUT2D eigenvalue weighted by molar-refractivity contribution is -0.114. The number of aryl methyl sites for hydroxylation is 2. The number of piperidine rings is 1. The van der Waals surface area contributed by atoms with Gasteiger partial charge in [-0.1, -0.05) is 11.6 Å². The highest BCUT2D eigenvalue weighted by Crippen LogP contribution is 2.34. The molecule has 0 radical (unpaired) electrons. The normalized spacial score (nSPS) is 18.5. The highest BCUT2D eigenvalue weighted by atomic mass is 16.2. The van der Waals surface area contributed by atoms with E-state index in [1.54, 1.807) is 6.07 Å². The second kappa shape index (κ2) is 9.33. The summed E-state index contributed by atoms with van der Waals surface area (Å²) in [5.41, 5.74) is 4.77. The Bertz CT molecular complexity index is 1280. The van der Waals surface area contributed by atoms with E-state index >= 15 is 0 Å². The van der Waals surface area contributed by atoms with Gasteiger partial charge in [0.05, 0.1) is 23.0 Å². The van der Waals surface area contributed by atoms with Crippen LogP contribution in [0.4, 0.5) is 11.5 Å². The van der Waals surface area contributed by atoms with Crippen LogP contribution in [0.15, 0.2) is 30.5 Å². The molecule has 0 bridgehead atoms. The van der Waals surface area contributed by atoms with Gasteiger partial charge < -0.3 is 20.3 Å². The number of amides is 2. The second-order valence-corrected chi connectivity index (χ2v) is 9.75. The van der Waals surface area contributed by atoms with Gasteiger partial charge in [-0.05, 0) is 45.2 Å². The fourth-order valence-electron chi connectivity index (χ4n) is 5.11. The quantitative estimate of drug-likeness (QED) is 0.551. The van der Waals surface area contributed by atoms with Crippen LogP contribution in [-0.2, 0) is 4.79 Å². The Morgan fingerprint density at radius 2 is 1.94 bits per heavy atom. The van der Waals surface area contributed by atoms with Gasteiger partial charge in [0.15, 0.2) is 13.6 Å². The van der Waals surface area contributed by atoms with Crippen LogP contribution in [-0.4, -0.2) is 65.0 Å². The van der Waals surface area contributed by atoms with Crippen LogP contribution in [0.3, 0.4) is 0 Å². The fraction of sp³-hybridized carbons (Fsp3) is 0.440. The van der Waals surface area contributed by atoms with Gasteiger partial charge in [-0.25, -0.2) is 9.50 Å². The number of benzene rings is 1. The minimum Gasteiger partial charge on any atom is -0.357 e. The summed E-state index contributed by atoms with van der Waals surface area (Å²) in [7, 11) is 1.99. The van der Waals surface area contributed by atoms with Gasteiger partial charge in [0.25, 0.3) is 5.91 Å². The van der Waals surface area contributed by atoms with Crippen molar-refractivity contribution in [3.63, 3.8) is 0 Å². The van der Waals surface area contributed by atoms with Crippen LogP contribution in [0.5, 0.6) is 0 Å². The number of rotatable bonds is 5. The Kier molecular flexibility index (Phi) is 6.23. The molecule has 0 spiro atoms. The summed E-state index contributed by atoms with van der Waals surface area (Å²) < 4.78 is 1.83. The number of hydrogen-bond acceptors (Lipinski definition) is 6. The molecule has 4 heterocycles. The van der Waals surface area contributed by atoms with E-state index < -0.39 is 0 Å². The predicted molar refractivity (Wildman–Crippen MR) is 139 cm³/mol. The first-order chi connectivity index (χ1) is 16.8. The summed E-state index contributed by atoms with van der Waals surface area (Å²) in [6, 6.07) is 7.94. The van der Waals surface area contributed by atoms with Crippen molar-refractivity contribution in [3.05, 3.63) is 52.8 Å². The molecule has 2 aromatic heterocycles. The first-order valence-corrected chi connectivity index (χ1v) is 12.3. The monoisotopic (exact) mass is 473 g/mol. The van der Waals surface area contributed by atoms with E-state index in [4.69, 9.17) is 10.1 Å². The molecule has 9 nitrogen and oxygen atoms in total. The van der Waals surface area contributed by atoms with Gasteiger partial charge in [-0.3, -0.25) is 9.59 Å². The third-order valence-corrected chi connectivity index (χ3v) is 7.03. The van der Waals surface area contributed by atoms with Crippen molar-refractivity contribution in [1.82, 2.24) is 24.7 Å². The molecule has 1 atom stereocenters. The molecule has 0 saturated carbocycles. The molecule has 2 amide bonds. The molecule has 2 fully saturated rings. The van der Waals surface area contributed by atoms with Crippen LogP contribution in [0.25, 0.3) is 5.65 Å². The standard InChI is InChI=1S/C25H32BN7O2/c1-15-7-8-20(27-17(3)34)19(10-15)25(35)32-9-5-4-6-22(32)21-11-23-28-24(16(2)12-33(23)30-21)31-13-18(14-31)29-26/h7-8,10-12,18,22,29H,4-6,9,13-14,26H2,1-3H3,(H,27,34)/t22-/m0/s1. The molecular weight excluding hydrogens is 441 g/mol. The lowest BCUT2D eigenvalue weighted by Crippen LogP contribution is -2.58. The van der Waals surface area contributed by atoms with E-state index in [1.807, 2.05) is 48.7 Å². The molecule has 2 aliphatic heterocycles. The lowest BCUT2D eigenvalue weighted by Gasteiger charge is -2.40. The van der Waals surface area contributed by atoms with Crippen LogP contribution < -0.4 is 15.4 Å². The number of aromatic nitrogens is 3. The van der Waals surface area contributed by atoms with Crippen LogP contribution in [0, 0.1) is 13.8 Å². The number of fused-ring (bicyclic) bond motifs is 1. The molecule has 182 valence electrons. The molecule has 2 N–H and O–H groups in total. The zero-order valence-electron chi connectivity index (χ0n) is 20.8. The number of nitrogens with zero attached hydrogens (tertiary/aromatic N) is 5. The van der Waals surface area contributed by atoms with Gasteiger partial charge >= 0.3 is 0 Å². The number of anilines is 2. The first-order valence-electron chi connectivity index (χ1n) is 12.3. The molecule has 2 aliphatic rings. The van der Waals surface area contributed by atoms with Crippen molar-refractivity contribution >= 4 is 36.9 Å². The summed E-state index contributed by atoms with van der Waals surface area (Å²) in [6.45, 7) is 8.01. The van der Waals surface area contributed by atoms with Crippen molar-refractivity contribution in [2.45, 2.75) is 52.1 Å². The molecule has 35 heavy (non-hydrogen) atoms. The Hall–Kier alpha value is -3.40. The van der Waals surface area contributed by atoms with Gasteiger partial charge in [-0.2, -0.15) is 5.10 Å². The molecule has 5 rings (SSSR count). The van der Waals surface area contributed by atoms with Gasteiger partial charge in [0, 0.05) is 50.4 Å². The largest absolute Gasteiger partial charge is 0.357 e. The number of likely N-dealkylation sites (tertiary alicyclic amines) is 1. The van der Waals surface area contributed by atoms with E-state index in [9.17, 15) is 9.59 Å². The van der Waals surface area contributed by atoms with E-state index in [-0.39, 0.29) is 17.9 Å². The summed E-state index contributed by atoms with van der Waals surface area (Å²) in [5, 5.41) is 11.0. The fourth-order valence-corrected chi connectivity index (χ4v) is 5.11. The maximum Gasteiger partial charge on any atom is 0.256 e. The summed E-state index contributed by atoms with van der Waals surface area (Å²) >= 11 is 0.